The van der Waals surface area contributed by atoms with Crippen molar-refractivity contribution in [1.29, 1.82) is 0 Å². The van der Waals surface area contributed by atoms with Gasteiger partial charge >= 0.3 is 0 Å². The minimum absolute atomic E-state index is 0.106. The second-order valence-electron chi connectivity index (χ2n) is 12.5. The molecule has 8 atom stereocenters. The lowest BCUT2D eigenvalue weighted by atomic mass is 9.47. The number of carbonyl (C=O) groups is 2. The maximum Gasteiger partial charge on any atom is 0.300 e. The Morgan fingerprint density at radius 2 is 1.73 bits per heavy atom. The summed E-state index contributed by atoms with van der Waals surface area (Å²) in [7, 11) is 0. The molecule has 4 aliphatic carbocycles. The fourth-order valence-corrected chi connectivity index (χ4v) is 8.48. The van der Waals surface area contributed by atoms with Gasteiger partial charge < -0.3 is 10.2 Å². The van der Waals surface area contributed by atoms with Gasteiger partial charge in [0.25, 0.3) is 5.97 Å². The van der Waals surface area contributed by atoms with Crippen LogP contribution < -0.4 is 0 Å². The number of hydrogen-bond acceptors (Lipinski definition) is 3. The molecule has 4 nitrogen and oxygen atoms in total. The van der Waals surface area contributed by atoms with Crippen LogP contribution in [-0.4, -0.2) is 28.1 Å². The van der Waals surface area contributed by atoms with E-state index in [4.69, 9.17) is 9.90 Å². The first kappa shape index (κ1) is 26.4. The van der Waals surface area contributed by atoms with Crippen molar-refractivity contribution in [3.63, 3.8) is 0 Å². The van der Waals surface area contributed by atoms with Gasteiger partial charge in [0, 0.05) is 19.3 Å². The van der Waals surface area contributed by atoms with Gasteiger partial charge in [-0.25, -0.2) is 0 Å². The Balaban J connectivity index is 0.000000709. The van der Waals surface area contributed by atoms with Crippen molar-refractivity contribution >= 4 is 11.8 Å². The van der Waals surface area contributed by atoms with E-state index in [0.717, 1.165) is 56.3 Å². The van der Waals surface area contributed by atoms with Crippen molar-refractivity contribution in [2.45, 2.75) is 112 Å². The van der Waals surface area contributed by atoms with E-state index in [2.05, 4.69) is 26.8 Å². The van der Waals surface area contributed by atoms with Crippen LogP contribution in [0.15, 0.2) is 11.6 Å². The van der Waals surface area contributed by atoms with E-state index in [0.29, 0.717) is 22.5 Å². The fraction of sp³-hybridized carbons (Fsp3) is 0.862. The van der Waals surface area contributed by atoms with Gasteiger partial charge in [0.15, 0.2) is 0 Å². The molecule has 4 heteroatoms. The average molecular weight is 461 g/mol. The third-order valence-electron chi connectivity index (χ3n) is 10.3. The van der Waals surface area contributed by atoms with Crippen molar-refractivity contribution in [2.24, 2.45) is 46.3 Å². The molecule has 0 amide bonds. The van der Waals surface area contributed by atoms with Crippen molar-refractivity contribution in [3.8, 4) is 0 Å². The summed E-state index contributed by atoms with van der Waals surface area (Å²) < 4.78 is 0. The molecular weight excluding hydrogens is 412 g/mol. The normalized spacial score (nSPS) is 40.5. The number of carboxylic acids is 1. The molecule has 0 saturated heterocycles. The zero-order valence-electron chi connectivity index (χ0n) is 21.9. The molecule has 0 heterocycles. The highest BCUT2D eigenvalue weighted by molar-refractivity contribution is 5.80. The Morgan fingerprint density at radius 1 is 1.06 bits per heavy atom. The van der Waals surface area contributed by atoms with Gasteiger partial charge in [0.05, 0.1) is 6.10 Å². The fourth-order valence-electron chi connectivity index (χ4n) is 8.48. The molecule has 0 unspecified atom stereocenters. The van der Waals surface area contributed by atoms with E-state index in [1.54, 1.807) is 5.57 Å². The molecule has 0 aromatic rings. The lowest BCUT2D eigenvalue weighted by Crippen LogP contribution is -2.50. The number of rotatable bonds is 5. The molecule has 2 N–H and O–H groups in total. The van der Waals surface area contributed by atoms with Gasteiger partial charge in [-0.2, -0.15) is 0 Å². The second kappa shape index (κ2) is 10.2. The first-order valence-electron chi connectivity index (χ1n) is 13.5. The largest absolute Gasteiger partial charge is 0.481 e. The van der Waals surface area contributed by atoms with E-state index in [1.165, 1.54) is 38.5 Å². The molecule has 3 saturated carbocycles. The molecule has 188 valence electrons. The Bertz CT molecular complexity index is 751. The zero-order chi connectivity index (χ0) is 24.6. The quantitative estimate of drug-likeness (QED) is 0.450. The Labute approximate surface area is 201 Å². The molecule has 3 fully saturated rings. The van der Waals surface area contributed by atoms with Gasteiger partial charge in [0.2, 0.25) is 0 Å². The number of allylic oxidation sites excluding steroid dienone is 1. The van der Waals surface area contributed by atoms with E-state index < -0.39 is 5.97 Å². The highest BCUT2D eigenvalue weighted by Gasteiger charge is 2.59. The third-order valence-corrected chi connectivity index (χ3v) is 10.3. The van der Waals surface area contributed by atoms with Crippen LogP contribution in [0.3, 0.4) is 0 Å². The molecule has 0 aromatic carbocycles. The predicted octanol–water partition coefficient (Wildman–Crippen LogP) is 6.66. The lowest BCUT2D eigenvalue weighted by Gasteiger charge is -2.58. The van der Waals surface area contributed by atoms with E-state index in [-0.39, 0.29) is 12.0 Å². The van der Waals surface area contributed by atoms with Gasteiger partial charge in [-0.3, -0.25) is 9.59 Å². The first-order chi connectivity index (χ1) is 15.4. The summed E-state index contributed by atoms with van der Waals surface area (Å²) in [5.74, 6) is 3.77. The third kappa shape index (κ3) is 5.26. The Morgan fingerprint density at radius 3 is 2.36 bits per heavy atom. The lowest BCUT2D eigenvalue weighted by molar-refractivity contribution is -0.134. The van der Waals surface area contributed by atoms with E-state index in [1.807, 2.05) is 13.8 Å². The van der Waals surface area contributed by atoms with Crippen LogP contribution in [0.4, 0.5) is 0 Å². The van der Waals surface area contributed by atoms with Crippen LogP contribution >= 0.6 is 0 Å². The SMILES string of the molecule is CC(=O)O.CC(C)C(=O)CC[C@@H](C)[C@H]1CC[C@H]2[C@@H]3CC=C4C[C@@H](O)CC[C@]4(C)[C@H]3CC[C@]12C. The van der Waals surface area contributed by atoms with Gasteiger partial charge in [-0.1, -0.05) is 46.3 Å². The molecule has 33 heavy (non-hydrogen) atoms. The monoisotopic (exact) mass is 460 g/mol. The topological polar surface area (TPSA) is 74.6 Å². The smallest absolute Gasteiger partial charge is 0.300 e. The maximum atomic E-state index is 12.2. The van der Waals surface area contributed by atoms with E-state index >= 15 is 0 Å². The number of carbonyl (C=O) groups excluding carboxylic acids is 1. The molecule has 0 aliphatic heterocycles. The molecule has 0 aromatic heterocycles. The van der Waals surface area contributed by atoms with Crippen LogP contribution in [0, 0.1) is 46.3 Å². The molecule has 4 aliphatic rings. The summed E-state index contributed by atoms with van der Waals surface area (Å²) in [6, 6.07) is 0. The predicted molar refractivity (Wildman–Crippen MR) is 133 cm³/mol. The summed E-state index contributed by atoms with van der Waals surface area (Å²) in [5.41, 5.74) is 2.39. The van der Waals surface area contributed by atoms with Crippen LogP contribution in [0.25, 0.3) is 0 Å². The highest BCUT2D eigenvalue weighted by atomic mass is 16.4. The van der Waals surface area contributed by atoms with Crippen LogP contribution in [-0.2, 0) is 9.59 Å². The molecule has 0 spiro atoms. The molecule has 0 radical (unpaired) electrons. The number of fused-ring (bicyclic) bond motifs is 5. The number of carboxylic acid groups (broad SMARTS) is 1. The van der Waals surface area contributed by atoms with Crippen LogP contribution in [0.5, 0.6) is 0 Å². The number of Topliss-reactive ketones (excluding diaryl/α,β-unsaturated/α-hetero) is 1. The zero-order valence-corrected chi connectivity index (χ0v) is 21.9. The van der Waals surface area contributed by atoms with Gasteiger partial charge in [-0.05, 0) is 98.2 Å². The highest BCUT2D eigenvalue weighted by Crippen LogP contribution is 2.67. The van der Waals surface area contributed by atoms with Crippen molar-refractivity contribution in [1.82, 2.24) is 0 Å². The minimum Gasteiger partial charge on any atom is -0.481 e. The number of ketones is 1. The van der Waals surface area contributed by atoms with Crippen LogP contribution in [0.2, 0.25) is 0 Å². The standard InChI is InChI=1S/C27H44O2.C2H4O2/c1-17(2)25(29)11-6-18(3)22-9-10-23-21-8-7-19-16-20(28)12-14-26(19,4)24(21)13-15-27(22,23)5;1-2(3)4/h7,17-18,20-24,28H,6,8-16H2,1-5H3;1H3,(H,3,4)/t18-,20+,21+,22-,23+,24+,26+,27-;/m1./s1. The minimum atomic E-state index is -0.833. The number of aliphatic hydroxyl groups is 1. The average Bonchev–Trinajstić information content (AvgIpc) is 3.09. The van der Waals surface area contributed by atoms with Crippen molar-refractivity contribution in [2.75, 3.05) is 0 Å². The van der Waals surface area contributed by atoms with Crippen molar-refractivity contribution < 1.29 is 19.8 Å². The summed E-state index contributed by atoms with van der Waals surface area (Å²) in [6.45, 7) is 12.7. The maximum absolute atomic E-state index is 12.2. The Kier molecular flexibility index (Phi) is 8.19. The molecule has 4 rings (SSSR count). The number of aliphatic hydroxyl groups excluding tert-OH is 1. The molecular formula is C29H48O4. The number of aliphatic carboxylic acids is 1. The summed E-state index contributed by atoms with van der Waals surface area (Å²) in [6.07, 6.45) is 14.1. The van der Waals surface area contributed by atoms with Crippen LogP contribution in [0.1, 0.15) is 106 Å². The van der Waals surface area contributed by atoms with E-state index in [9.17, 15) is 9.90 Å². The summed E-state index contributed by atoms with van der Waals surface area (Å²) in [5, 5.41) is 17.6. The summed E-state index contributed by atoms with van der Waals surface area (Å²) in [4.78, 5) is 21.2. The van der Waals surface area contributed by atoms with Gasteiger partial charge in [0.1, 0.15) is 5.78 Å². The summed E-state index contributed by atoms with van der Waals surface area (Å²) >= 11 is 0. The molecule has 0 bridgehead atoms. The van der Waals surface area contributed by atoms with Crippen molar-refractivity contribution in [3.05, 3.63) is 11.6 Å². The number of hydrogen-bond donors (Lipinski definition) is 2. The Hall–Kier alpha value is -1.16. The first-order valence-corrected chi connectivity index (χ1v) is 13.5. The van der Waals surface area contributed by atoms with Gasteiger partial charge in [-0.15, -0.1) is 0 Å². The second-order valence-corrected chi connectivity index (χ2v) is 12.5.